The molecule has 1 aromatic carbocycles. The molecular weight excluding hydrogens is 496 g/mol. The highest BCUT2D eigenvalue weighted by Crippen LogP contribution is 2.29. The minimum Gasteiger partial charge on any atom is -0.462 e. The van der Waals surface area contributed by atoms with Gasteiger partial charge >= 0.3 is 11.9 Å². The lowest BCUT2D eigenvalue weighted by Crippen LogP contribution is -2.24. The van der Waals surface area contributed by atoms with E-state index in [2.05, 4.69) is 5.32 Å². The molecule has 10 nitrogen and oxygen atoms in total. The number of rotatable bonds is 12. The smallest absolute Gasteiger partial charge is 0.336 e. The van der Waals surface area contributed by atoms with E-state index in [0.29, 0.717) is 35.6 Å². The van der Waals surface area contributed by atoms with Crippen LogP contribution in [-0.4, -0.2) is 51.8 Å². The summed E-state index contributed by atoms with van der Waals surface area (Å²) in [5.74, 6) is -0.275. The SMILES string of the molecule is CC(=O)SCCCOC(=O)C1=CNC(c2cccc([N+](=O)[O-])c2)=C(C(=O)OCCCSC(C)=O)C1. The van der Waals surface area contributed by atoms with Gasteiger partial charge in [0.1, 0.15) is 0 Å². The molecule has 0 amide bonds. The van der Waals surface area contributed by atoms with Crippen molar-refractivity contribution in [2.75, 3.05) is 24.7 Å². The van der Waals surface area contributed by atoms with E-state index in [1.807, 2.05) is 0 Å². The van der Waals surface area contributed by atoms with Crippen LogP contribution in [0.25, 0.3) is 5.70 Å². The molecule has 1 aromatic rings. The quantitative estimate of drug-likeness (QED) is 0.186. The van der Waals surface area contributed by atoms with E-state index in [0.717, 1.165) is 23.5 Å². The van der Waals surface area contributed by atoms with Gasteiger partial charge in [0.2, 0.25) is 0 Å². The molecule has 0 radical (unpaired) electrons. The first-order valence-electron chi connectivity index (χ1n) is 10.7. The number of hydrogen-bond donors (Lipinski definition) is 1. The third kappa shape index (κ3) is 9.57. The first-order chi connectivity index (χ1) is 16.7. The topological polar surface area (TPSA) is 142 Å². The molecule has 12 heteroatoms. The molecule has 1 heterocycles. The number of dihydropyridines is 1. The van der Waals surface area contributed by atoms with Gasteiger partial charge in [0.05, 0.1) is 35.0 Å². The third-order valence-corrected chi connectivity index (χ3v) is 6.37. The maximum Gasteiger partial charge on any atom is 0.336 e. The number of nitrogens with zero attached hydrogens (tertiary/aromatic N) is 1. The van der Waals surface area contributed by atoms with Crippen LogP contribution in [0.3, 0.4) is 0 Å². The van der Waals surface area contributed by atoms with Crippen molar-refractivity contribution in [2.24, 2.45) is 0 Å². The summed E-state index contributed by atoms with van der Waals surface area (Å²) in [7, 11) is 0. The molecule has 1 N–H and O–H groups in total. The van der Waals surface area contributed by atoms with Crippen LogP contribution in [0.5, 0.6) is 0 Å². The number of benzene rings is 1. The molecule has 0 atom stereocenters. The number of carbonyl (C=O) groups excluding carboxylic acids is 4. The number of nitro groups is 1. The fourth-order valence-electron chi connectivity index (χ4n) is 2.97. The standard InChI is InChI=1S/C23H26N2O8S2/c1-15(26)34-10-4-8-32-22(28)18-13-20(23(29)33-9-5-11-35-16(2)27)21(24-14-18)17-6-3-7-19(12-17)25(30)31/h3,6-7,12,14,24H,4-5,8-11,13H2,1-2H3. The van der Waals surface area contributed by atoms with Gasteiger partial charge in [-0.25, -0.2) is 9.59 Å². The van der Waals surface area contributed by atoms with E-state index in [9.17, 15) is 29.3 Å². The van der Waals surface area contributed by atoms with Gasteiger partial charge in [0.15, 0.2) is 10.2 Å². The predicted octanol–water partition coefficient (Wildman–Crippen LogP) is 3.61. The molecule has 1 aliphatic rings. The molecule has 1 aliphatic heterocycles. The van der Waals surface area contributed by atoms with Gasteiger partial charge in [-0.15, -0.1) is 0 Å². The van der Waals surface area contributed by atoms with Crippen LogP contribution in [0.2, 0.25) is 0 Å². The highest BCUT2D eigenvalue weighted by atomic mass is 32.2. The number of carbonyl (C=O) groups is 4. The fraction of sp³-hybridized carbons (Fsp3) is 0.391. The van der Waals surface area contributed by atoms with Crippen molar-refractivity contribution in [3.63, 3.8) is 0 Å². The van der Waals surface area contributed by atoms with E-state index < -0.39 is 16.9 Å². The lowest BCUT2D eigenvalue weighted by molar-refractivity contribution is -0.384. The second-order valence-corrected chi connectivity index (χ2v) is 9.85. The van der Waals surface area contributed by atoms with Gasteiger partial charge in [0.25, 0.3) is 5.69 Å². The predicted molar refractivity (Wildman–Crippen MR) is 133 cm³/mol. The Hall–Kier alpha value is -3.12. The van der Waals surface area contributed by atoms with Gasteiger partial charge in [-0.05, 0) is 12.8 Å². The van der Waals surface area contributed by atoms with Crippen LogP contribution in [-0.2, 0) is 28.7 Å². The van der Waals surface area contributed by atoms with Gasteiger partial charge < -0.3 is 14.8 Å². The van der Waals surface area contributed by atoms with Crippen molar-refractivity contribution in [1.82, 2.24) is 5.32 Å². The number of nitrogens with one attached hydrogen (secondary N) is 1. The first kappa shape index (κ1) is 28.1. The molecule has 0 fully saturated rings. The van der Waals surface area contributed by atoms with E-state index in [1.165, 1.54) is 38.2 Å². The van der Waals surface area contributed by atoms with Crippen molar-refractivity contribution < 1.29 is 33.6 Å². The summed E-state index contributed by atoms with van der Waals surface area (Å²) in [5.41, 5.74) is 0.863. The number of hydrogen-bond acceptors (Lipinski definition) is 11. The average molecular weight is 523 g/mol. The summed E-state index contributed by atoms with van der Waals surface area (Å²) in [6, 6.07) is 5.76. The highest BCUT2D eigenvalue weighted by molar-refractivity contribution is 8.13. The zero-order valence-corrected chi connectivity index (χ0v) is 21.0. The molecule has 0 aromatic heterocycles. The normalized spacial score (nSPS) is 12.9. The van der Waals surface area contributed by atoms with Crippen LogP contribution in [0.1, 0.15) is 38.7 Å². The summed E-state index contributed by atoms with van der Waals surface area (Å²) in [4.78, 5) is 58.0. The Morgan fingerprint density at radius 2 is 1.60 bits per heavy atom. The Kier molecular flexibility index (Phi) is 11.5. The number of non-ortho nitro benzene ring substituents is 1. The second-order valence-electron chi connectivity index (χ2n) is 7.31. The second kappa shape index (κ2) is 14.3. The Morgan fingerprint density at radius 3 is 2.17 bits per heavy atom. The number of nitro benzene ring substituents is 1. The molecule has 0 spiro atoms. The molecule has 35 heavy (non-hydrogen) atoms. The Morgan fingerprint density at radius 1 is 1.00 bits per heavy atom. The van der Waals surface area contributed by atoms with Crippen molar-refractivity contribution in [3.8, 4) is 0 Å². The molecule has 0 saturated heterocycles. The Bertz CT molecular complexity index is 1050. The summed E-state index contributed by atoms with van der Waals surface area (Å²) < 4.78 is 10.6. The molecule has 0 unspecified atom stereocenters. The zero-order chi connectivity index (χ0) is 25.8. The maximum absolute atomic E-state index is 12.9. The lowest BCUT2D eigenvalue weighted by atomic mass is 9.96. The van der Waals surface area contributed by atoms with E-state index in [4.69, 9.17) is 9.47 Å². The first-order valence-corrected chi connectivity index (χ1v) is 12.7. The van der Waals surface area contributed by atoms with E-state index >= 15 is 0 Å². The van der Waals surface area contributed by atoms with Crippen molar-refractivity contribution in [1.29, 1.82) is 0 Å². The number of ether oxygens (including phenoxy) is 2. The fourth-order valence-corrected chi connectivity index (χ4v) is 4.07. The largest absolute Gasteiger partial charge is 0.462 e. The van der Waals surface area contributed by atoms with Crippen LogP contribution in [0.15, 0.2) is 41.6 Å². The summed E-state index contributed by atoms with van der Waals surface area (Å²) in [6.45, 7) is 3.10. The summed E-state index contributed by atoms with van der Waals surface area (Å²) >= 11 is 2.27. The molecule has 0 bridgehead atoms. The molecule has 0 saturated carbocycles. The maximum atomic E-state index is 12.9. The number of esters is 2. The summed E-state index contributed by atoms with van der Waals surface area (Å²) in [5, 5.41) is 14.0. The van der Waals surface area contributed by atoms with Gasteiger partial charge in [-0.1, -0.05) is 35.7 Å². The minimum atomic E-state index is -0.678. The Labute approximate surface area is 211 Å². The molecule has 2 rings (SSSR count). The molecule has 188 valence electrons. The van der Waals surface area contributed by atoms with Crippen LogP contribution >= 0.6 is 23.5 Å². The van der Waals surface area contributed by atoms with E-state index in [1.54, 1.807) is 6.07 Å². The summed E-state index contributed by atoms with van der Waals surface area (Å²) in [6.07, 6.45) is 2.28. The molecule has 0 aliphatic carbocycles. The van der Waals surface area contributed by atoms with Crippen LogP contribution < -0.4 is 5.32 Å². The van der Waals surface area contributed by atoms with Gasteiger partial charge in [-0.3, -0.25) is 19.7 Å². The van der Waals surface area contributed by atoms with Crippen molar-refractivity contribution in [2.45, 2.75) is 33.1 Å². The lowest BCUT2D eigenvalue weighted by Gasteiger charge is -2.21. The van der Waals surface area contributed by atoms with Crippen molar-refractivity contribution >= 4 is 57.1 Å². The monoisotopic (exact) mass is 522 g/mol. The average Bonchev–Trinajstić information content (AvgIpc) is 2.82. The van der Waals surface area contributed by atoms with Crippen LogP contribution in [0, 0.1) is 10.1 Å². The Balaban J connectivity index is 2.13. The van der Waals surface area contributed by atoms with Gasteiger partial charge in [0, 0.05) is 55.7 Å². The van der Waals surface area contributed by atoms with Crippen molar-refractivity contribution in [3.05, 3.63) is 57.3 Å². The zero-order valence-electron chi connectivity index (χ0n) is 19.4. The molecular formula is C23H26N2O8S2. The minimum absolute atomic E-state index is 0.0163. The van der Waals surface area contributed by atoms with Gasteiger partial charge in [-0.2, -0.15) is 0 Å². The highest BCUT2D eigenvalue weighted by Gasteiger charge is 2.27. The number of thioether (sulfide) groups is 2. The van der Waals surface area contributed by atoms with Crippen LogP contribution in [0.4, 0.5) is 5.69 Å². The van der Waals surface area contributed by atoms with E-state index in [-0.39, 0.29) is 46.7 Å². The third-order valence-electron chi connectivity index (χ3n) is 4.57.